The molecular weight excluding hydrogens is 360 g/mol. The number of hydrogen-bond donors (Lipinski definition) is 1. The highest BCUT2D eigenvalue weighted by Gasteiger charge is 2.29. The lowest BCUT2D eigenvalue weighted by molar-refractivity contribution is -0.122. The largest absolute Gasteiger partial charge is 0.348 e. The van der Waals surface area contributed by atoms with E-state index in [4.69, 9.17) is 0 Å². The molecule has 0 radical (unpaired) electrons. The van der Waals surface area contributed by atoms with Gasteiger partial charge in [-0.05, 0) is 63.4 Å². The molecule has 1 N–H and O–H groups in total. The molecule has 2 atom stereocenters. The summed E-state index contributed by atoms with van der Waals surface area (Å²) >= 11 is 0. The zero-order valence-corrected chi connectivity index (χ0v) is 17.6. The van der Waals surface area contributed by atoms with Gasteiger partial charge in [0.25, 0.3) is 0 Å². The SMILES string of the molecule is Cc1ccc(N([C@@H](C)C(=O)N[C@@H](C)c2ccc(C)c(C)c2)S(C)(=O)=O)cc1. The maximum absolute atomic E-state index is 12.8. The van der Waals surface area contributed by atoms with E-state index in [2.05, 4.69) is 5.32 Å². The van der Waals surface area contributed by atoms with E-state index in [0.29, 0.717) is 5.69 Å². The van der Waals surface area contributed by atoms with Gasteiger partial charge in [-0.25, -0.2) is 8.42 Å². The quantitative estimate of drug-likeness (QED) is 0.821. The van der Waals surface area contributed by atoms with Crippen molar-refractivity contribution in [3.8, 4) is 0 Å². The van der Waals surface area contributed by atoms with Crippen molar-refractivity contribution in [1.29, 1.82) is 0 Å². The zero-order chi connectivity index (χ0) is 20.4. The van der Waals surface area contributed by atoms with Crippen molar-refractivity contribution in [1.82, 2.24) is 5.32 Å². The van der Waals surface area contributed by atoms with Crippen LogP contribution in [0.3, 0.4) is 0 Å². The summed E-state index contributed by atoms with van der Waals surface area (Å²) in [6.07, 6.45) is 1.11. The van der Waals surface area contributed by atoms with Crippen molar-refractivity contribution in [3.63, 3.8) is 0 Å². The smallest absolute Gasteiger partial charge is 0.244 e. The van der Waals surface area contributed by atoms with E-state index in [9.17, 15) is 13.2 Å². The van der Waals surface area contributed by atoms with E-state index in [1.54, 1.807) is 19.1 Å². The van der Waals surface area contributed by atoms with E-state index >= 15 is 0 Å². The van der Waals surface area contributed by atoms with Gasteiger partial charge in [-0.2, -0.15) is 0 Å². The van der Waals surface area contributed by atoms with Crippen molar-refractivity contribution in [2.75, 3.05) is 10.6 Å². The summed E-state index contributed by atoms with van der Waals surface area (Å²) in [5.41, 5.74) is 4.82. The summed E-state index contributed by atoms with van der Waals surface area (Å²) < 4.78 is 25.9. The fourth-order valence-corrected chi connectivity index (χ4v) is 4.13. The van der Waals surface area contributed by atoms with Crippen molar-refractivity contribution < 1.29 is 13.2 Å². The number of benzene rings is 2. The summed E-state index contributed by atoms with van der Waals surface area (Å²) in [6.45, 7) is 9.49. The first-order valence-corrected chi connectivity index (χ1v) is 10.8. The summed E-state index contributed by atoms with van der Waals surface area (Å²) in [7, 11) is -3.62. The standard InChI is InChI=1S/C21H28N2O3S/c1-14-7-11-20(12-8-14)23(27(6,25)26)18(5)21(24)22-17(4)19-10-9-15(2)16(3)13-19/h7-13,17-18H,1-6H3,(H,22,24)/t17-,18-/m0/s1. The lowest BCUT2D eigenvalue weighted by Gasteiger charge is -2.29. The number of aryl methyl sites for hydroxylation is 3. The van der Waals surface area contributed by atoms with E-state index in [0.717, 1.165) is 27.3 Å². The van der Waals surface area contributed by atoms with Gasteiger partial charge in [-0.3, -0.25) is 9.10 Å². The highest BCUT2D eigenvalue weighted by molar-refractivity contribution is 7.92. The number of amides is 1. The Morgan fingerprint density at radius 2 is 1.56 bits per heavy atom. The number of sulfonamides is 1. The first-order valence-electron chi connectivity index (χ1n) is 8.94. The molecular formula is C21H28N2O3S. The summed E-state index contributed by atoms with van der Waals surface area (Å²) in [4.78, 5) is 12.8. The van der Waals surface area contributed by atoms with Crippen LogP contribution in [0.1, 0.15) is 42.1 Å². The third kappa shape index (κ3) is 5.10. The Hall–Kier alpha value is -2.34. The third-order valence-electron chi connectivity index (χ3n) is 4.77. The van der Waals surface area contributed by atoms with Crippen LogP contribution >= 0.6 is 0 Å². The Balaban J connectivity index is 2.24. The molecule has 27 heavy (non-hydrogen) atoms. The number of anilines is 1. The average molecular weight is 389 g/mol. The highest BCUT2D eigenvalue weighted by Crippen LogP contribution is 2.22. The summed E-state index contributed by atoms with van der Waals surface area (Å²) in [6, 6.07) is 12.0. The molecule has 0 aliphatic heterocycles. The number of nitrogens with one attached hydrogen (secondary N) is 1. The van der Waals surface area contributed by atoms with Crippen LogP contribution in [-0.2, 0) is 14.8 Å². The predicted octanol–water partition coefficient (Wildman–Crippen LogP) is 3.64. The van der Waals surface area contributed by atoms with Gasteiger partial charge in [-0.1, -0.05) is 35.9 Å². The predicted molar refractivity (Wildman–Crippen MR) is 110 cm³/mol. The Morgan fingerprint density at radius 1 is 0.963 bits per heavy atom. The van der Waals surface area contributed by atoms with Crippen LogP contribution < -0.4 is 9.62 Å². The minimum Gasteiger partial charge on any atom is -0.348 e. The molecule has 1 amide bonds. The van der Waals surface area contributed by atoms with E-state index < -0.39 is 16.1 Å². The van der Waals surface area contributed by atoms with Gasteiger partial charge in [0, 0.05) is 0 Å². The molecule has 0 spiro atoms. The molecule has 0 bridgehead atoms. The minimum atomic E-state index is -3.62. The number of nitrogens with zero attached hydrogens (tertiary/aromatic N) is 1. The first kappa shape index (κ1) is 21.0. The van der Waals surface area contributed by atoms with Gasteiger partial charge in [0.05, 0.1) is 18.0 Å². The zero-order valence-electron chi connectivity index (χ0n) is 16.8. The van der Waals surface area contributed by atoms with Gasteiger partial charge in [0.15, 0.2) is 0 Å². The fourth-order valence-electron chi connectivity index (χ4n) is 2.95. The lowest BCUT2D eigenvalue weighted by atomic mass is 10.0. The second kappa shape index (κ2) is 8.13. The molecule has 6 heteroatoms. The van der Waals surface area contributed by atoms with Gasteiger partial charge in [-0.15, -0.1) is 0 Å². The van der Waals surface area contributed by atoms with Crippen LogP contribution in [0.2, 0.25) is 0 Å². The maximum atomic E-state index is 12.8. The minimum absolute atomic E-state index is 0.223. The molecule has 5 nitrogen and oxygen atoms in total. The topological polar surface area (TPSA) is 66.5 Å². The Morgan fingerprint density at radius 3 is 2.07 bits per heavy atom. The monoisotopic (exact) mass is 388 g/mol. The fraction of sp³-hybridized carbons (Fsp3) is 0.381. The van der Waals surface area contributed by atoms with E-state index in [-0.39, 0.29) is 11.9 Å². The number of hydrogen-bond acceptors (Lipinski definition) is 3. The average Bonchev–Trinajstić information content (AvgIpc) is 2.57. The molecule has 0 aromatic heterocycles. The van der Waals surface area contributed by atoms with Crippen LogP contribution in [0, 0.1) is 20.8 Å². The third-order valence-corrected chi connectivity index (χ3v) is 6.01. The number of carbonyl (C=O) groups is 1. The lowest BCUT2D eigenvalue weighted by Crippen LogP contribution is -2.48. The molecule has 0 saturated carbocycles. The van der Waals surface area contributed by atoms with Crippen molar-refractivity contribution >= 4 is 21.6 Å². The molecule has 2 aromatic rings. The number of carbonyl (C=O) groups excluding carboxylic acids is 1. The van der Waals surface area contributed by atoms with Crippen LogP contribution in [0.15, 0.2) is 42.5 Å². The van der Waals surface area contributed by atoms with Crippen LogP contribution in [0.5, 0.6) is 0 Å². The van der Waals surface area contributed by atoms with Crippen LogP contribution in [0.4, 0.5) is 5.69 Å². The summed E-state index contributed by atoms with van der Waals surface area (Å²) in [5.74, 6) is -0.341. The maximum Gasteiger partial charge on any atom is 0.244 e. The molecule has 146 valence electrons. The van der Waals surface area contributed by atoms with E-state index in [1.165, 1.54) is 5.56 Å². The number of rotatable bonds is 6. The highest BCUT2D eigenvalue weighted by atomic mass is 32.2. The molecule has 2 rings (SSSR count). The second-order valence-electron chi connectivity index (χ2n) is 7.14. The van der Waals surface area contributed by atoms with Crippen molar-refractivity contribution in [2.24, 2.45) is 0 Å². The van der Waals surface area contributed by atoms with Crippen molar-refractivity contribution in [2.45, 2.75) is 46.7 Å². The normalized spacial score (nSPS) is 13.7. The molecule has 0 aliphatic carbocycles. The Kier molecular flexibility index (Phi) is 6.31. The summed E-state index contributed by atoms with van der Waals surface area (Å²) in [5, 5.41) is 2.93. The van der Waals surface area contributed by atoms with Gasteiger partial charge in [0.1, 0.15) is 6.04 Å². The van der Waals surface area contributed by atoms with Crippen LogP contribution in [0.25, 0.3) is 0 Å². The van der Waals surface area contributed by atoms with Crippen molar-refractivity contribution in [3.05, 3.63) is 64.7 Å². The van der Waals surface area contributed by atoms with Gasteiger partial charge in [0.2, 0.25) is 15.9 Å². The Labute approximate surface area is 162 Å². The van der Waals surface area contributed by atoms with E-state index in [1.807, 2.05) is 58.0 Å². The van der Waals surface area contributed by atoms with Gasteiger partial charge >= 0.3 is 0 Å². The molecule has 0 heterocycles. The second-order valence-corrected chi connectivity index (χ2v) is 9.00. The molecule has 0 aliphatic rings. The van der Waals surface area contributed by atoms with Crippen LogP contribution in [-0.4, -0.2) is 26.6 Å². The molecule has 0 fully saturated rings. The first-order chi connectivity index (χ1) is 12.5. The van der Waals surface area contributed by atoms with Gasteiger partial charge < -0.3 is 5.32 Å². The molecule has 2 aromatic carbocycles. The molecule has 0 unspecified atom stereocenters. The molecule has 0 saturated heterocycles. The Bertz CT molecular complexity index is 921.